The lowest BCUT2D eigenvalue weighted by molar-refractivity contribution is 1.01. The van der Waals surface area contributed by atoms with Gasteiger partial charge in [0, 0.05) is 29.0 Å². The first kappa shape index (κ1) is 11.2. The monoisotopic (exact) mass is 262 g/mol. The van der Waals surface area contributed by atoms with Crippen LogP contribution in [0.5, 0.6) is 0 Å². The maximum absolute atomic E-state index is 4.54. The zero-order valence-corrected chi connectivity index (χ0v) is 11.4. The fraction of sp³-hybridized carbons (Fsp3) is 0.125. The van der Waals surface area contributed by atoms with Crippen molar-refractivity contribution in [2.24, 2.45) is 7.05 Å². The third-order valence-corrected chi connectivity index (χ3v) is 3.77. The molecule has 0 saturated carbocycles. The molecule has 0 radical (unpaired) electrons. The molecule has 0 fully saturated rings. The molecule has 1 aromatic carbocycles. The molecule has 4 heteroatoms. The molecule has 4 nitrogen and oxygen atoms in total. The Balaban J connectivity index is 2.06. The van der Waals surface area contributed by atoms with Gasteiger partial charge in [-0.25, -0.2) is 0 Å². The summed E-state index contributed by atoms with van der Waals surface area (Å²) in [6, 6.07) is 12.5. The zero-order valence-electron chi connectivity index (χ0n) is 11.4. The van der Waals surface area contributed by atoms with Gasteiger partial charge in [-0.2, -0.15) is 5.10 Å². The van der Waals surface area contributed by atoms with E-state index in [1.165, 1.54) is 16.3 Å². The molecule has 0 aliphatic heterocycles. The average molecular weight is 262 g/mol. The molecule has 0 spiro atoms. The van der Waals surface area contributed by atoms with Crippen molar-refractivity contribution in [2.75, 3.05) is 0 Å². The highest BCUT2D eigenvalue weighted by Crippen LogP contribution is 2.29. The number of nitrogens with zero attached hydrogens (tertiary/aromatic N) is 3. The molecular weight excluding hydrogens is 248 g/mol. The molecule has 0 aliphatic carbocycles. The number of H-pyrrole nitrogens is 1. The summed E-state index contributed by atoms with van der Waals surface area (Å²) >= 11 is 0. The maximum atomic E-state index is 4.54. The zero-order chi connectivity index (χ0) is 13.7. The first-order valence-electron chi connectivity index (χ1n) is 6.59. The summed E-state index contributed by atoms with van der Waals surface area (Å²) < 4.78 is 2.18. The molecule has 1 N–H and O–H groups in total. The number of aryl methyl sites for hydroxylation is 2. The minimum Gasteiger partial charge on any atom is -0.342 e. The van der Waals surface area contributed by atoms with Crippen molar-refractivity contribution >= 4 is 21.8 Å². The molecule has 0 saturated heterocycles. The molecule has 0 atom stereocenters. The molecule has 3 aromatic heterocycles. The molecule has 20 heavy (non-hydrogen) atoms. The Kier molecular flexibility index (Phi) is 2.21. The Morgan fingerprint density at radius 2 is 1.85 bits per heavy atom. The van der Waals surface area contributed by atoms with Crippen molar-refractivity contribution in [1.29, 1.82) is 0 Å². The van der Waals surface area contributed by atoms with Crippen molar-refractivity contribution in [1.82, 2.24) is 19.7 Å². The minimum absolute atomic E-state index is 0.886. The standard InChI is InChI=1S/C16H14N4/c1-10-7-14(19-18-10)13-8-12-11-5-3-4-6-15(11)20(2)16(12)9-17-13/h3-9H,1-2H3,(H,18,19). The van der Waals surface area contributed by atoms with E-state index in [2.05, 4.69) is 57.1 Å². The van der Waals surface area contributed by atoms with Crippen LogP contribution in [0, 0.1) is 6.92 Å². The number of para-hydroxylation sites is 1. The van der Waals surface area contributed by atoms with Crippen LogP contribution >= 0.6 is 0 Å². The maximum Gasteiger partial charge on any atom is 0.111 e. The summed E-state index contributed by atoms with van der Waals surface area (Å²) in [5, 5.41) is 9.72. The van der Waals surface area contributed by atoms with E-state index < -0.39 is 0 Å². The predicted molar refractivity (Wildman–Crippen MR) is 80.5 cm³/mol. The quantitative estimate of drug-likeness (QED) is 0.571. The largest absolute Gasteiger partial charge is 0.342 e. The van der Waals surface area contributed by atoms with Crippen LogP contribution in [0.15, 0.2) is 42.6 Å². The van der Waals surface area contributed by atoms with Crippen molar-refractivity contribution in [3.8, 4) is 11.4 Å². The van der Waals surface area contributed by atoms with Crippen molar-refractivity contribution in [3.05, 3.63) is 48.3 Å². The average Bonchev–Trinajstić information content (AvgIpc) is 3.03. The number of aromatic amines is 1. The van der Waals surface area contributed by atoms with Gasteiger partial charge in [0.25, 0.3) is 0 Å². The van der Waals surface area contributed by atoms with E-state index in [1.807, 2.05) is 19.2 Å². The van der Waals surface area contributed by atoms with Gasteiger partial charge >= 0.3 is 0 Å². The van der Waals surface area contributed by atoms with E-state index in [-0.39, 0.29) is 0 Å². The first-order chi connectivity index (χ1) is 9.74. The third-order valence-electron chi connectivity index (χ3n) is 3.77. The van der Waals surface area contributed by atoms with Crippen molar-refractivity contribution in [3.63, 3.8) is 0 Å². The van der Waals surface area contributed by atoms with Crippen molar-refractivity contribution in [2.45, 2.75) is 6.92 Å². The summed E-state index contributed by atoms with van der Waals surface area (Å²) in [5.74, 6) is 0. The van der Waals surface area contributed by atoms with Gasteiger partial charge in [-0.15, -0.1) is 0 Å². The minimum atomic E-state index is 0.886. The SMILES string of the molecule is Cc1cc(-c2cc3c4ccccc4n(C)c3cn2)n[nH]1. The van der Waals surface area contributed by atoms with E-state index in [4.69, 9.17) is 0 Å². The molecular formula is C16H14N4. The molecule has 0 aliphatic rings. The van der Waals surface area contributed by atoms with Crippen LogP contribution in [0.4, 0.5) is 0 Å². The number of pyridine rings is 1. The molecule has 0 bridgehead atoms. The van der Waals surface area contributed by atoms with Gasteiger partial charge < -0.3 is 4.57 Å². The van der Waals surface area contributed by atoms with Crippen molar-refractivity contribution < 1.29 is 0 Å². The lowest BCUT2D eigenvalue weighted by atomic mass is 10.1. The number of fused-ring (bicyclic) bond motifs is 3. The van der Waals surface area contributed by atoms with Gasteiger partial charge in [-0.1, -0.05) is 18.2 Å². The summed E-state index contributed by atoms with van der Waals surface area (Å²) in [4.78, 5) is 4.54. The van der Waals surface area contributed by atoms with Crippen LogP contribution < -0.4 is 0 Å². The van der Waals surface area contributed by atoms with E-state index in [1.54, 1.807) is 0 Å². The molecule has 3 heterocycles. The number of hydrogen-bond acceptors (Lipinski definition) is 2. The topological polar surface area (TPSA) is 46.5 Å². The number of benzene rings is 1. The van der Waals surface area contributed by atoms with Gasteiger partial charge in [-0.05, 0) is 25.1 Å². The van der Waals surface area contributed by atoms with Gasteiger partial charge in [0.1, 0.15) is 5.69 Å². The normalized spacial score (nSPS) is 11.5. The van der Waals surface area contributed by atoms with Gasteiger partial charge in [-0.3, -0.25) is 10.1 Å². The summed E-state index contributed by atoms with van der Waals surface area (Å²) in [6.07, 6.45) is 1.93. The second-order valence-electron chi connectivity index (χ2n) is 5.10. The van der Waals surface area contributed by atoms with Crippen LogP contribution in [0.25, 0.3) is 33.2 Å². The van der Waals surface area contributed by atoms with E-state index in [0.29, 0.717) is 0 Å². The molecule has 0 amide bonds. The highest BCUT2D eigenvalue weighted by atomic mass is 15.1. The Labute approximate surface area is 116 Å². The fourth-order valence-electron chi connectivity index (χ4n) is 2.74. The van der Waals surface area contributed by atoms with Crippen LogP contribution in [0.2, 0.25) is 0 Å². The van der Waals surface area contributed by atoms with E-state index in [0.717, 1.165) is 22.6 Å². The second-order valence-corrected chi connectivity index (χ2v) is 5.10. The second kappa shape index (κ2) is 3.93. The number of aromatic nitrogens is 4. The highest BCUT2D eigenvalue weighted by molar-refractivity contribution is 6.08. The van der Waals surface area contributed by atoms with Gasteiger partial charge in [0.15, 0.2) is 0 Å². The molecule has 4 aromatic rings. The predicted octanol–water partition coefficient (Wildman–Crippen LogP) is 3.43. The van der Waals surface area contributed by atoms with Gasteiger partial charge in [0.05, 0.1) is 17.4 Å². The van der Waals surface area contributed by atoms with Crippen LogP contribution in [-0.4, -0.2) is 19.7 Å². The summed E-state index contributed by atoms with van der Waals surface area (Å²) in [7, 11) is 2.07. The number of hydrogen-bond donors (Lipinski definition) is 1. The molecule has 4 rings (SSSR count). The van der Waals surface area contributed by atoms with Crippen LogP contribution in [0.1, 0.15) is 5.69 Å². The third kappa shape index (κ3) is 1.48. The number of nitrogens with one attached hydrogen (secondary N) is 1. The lowest BCUT2D eigenvalue weighted by Crippen LogP contribution is -1.88. The Bertz CT molecular complexity index is 930. The van der Waals surface area contributed by atoms with Crippen LogP contribution in [-0.2, 0) is 7.05 Å². The smallest absolute Gasteiger partial charge is 0.111 e. The van der Waals surface area contributed by atoms with E-state index in [9.17, 15) is 0 Å². The highest BCUT2D eigenvalue weighted by Gasteiger charge is 2.10. The number of rotatable bonds is 1. The first-order valence-corrected chi connectivity index (χ1v) is 6.59. The molecule has 98 valence electrons. The Morgan fingerprint density at radius 3 is 2.65 bits per heavy atom. The van der Waals surface area contributed by atoms with Crippen LogP contribution in [0.3, 0.4) is 0 Å². The Morgan fingerprint density at radius 1 is 1.00 bits per heavy atom. The van der Waals surface area contributed by atoms with Gasteiger partial charge in [0.2, 0.25) is 0 Å². The van der Waals surface area contributed by atoms with E-state index >= 15 is 0 Å². The fourth-order valence-corrected chi connectivity index (χ4v) is 2.74. The molecule has 0 unspecified atom stereocenters. The Hall–Kier alpha value is -2.62. The lowest BCUT2D eigenvalue weighted by Gasteiger charge is -1.98. The summed E-state index contributed by atoms with van der Waals surface area (Å²) in [5.41, 5.74) is 5.19. The summed E-state index contributed by atoms with van der Waals surface area (Å²) in [6.45, 7) is 1.99.